The van der Waals surface area contributed by atoms with Crippen molar-refractivity contribution in [3.63, 3.8) is 0 Å². The zero-order valence-electron chi connectivity index (χ0n) is 17.6. The maximum Gasteiger partial charge on any atom is 0.519 e. The second kappa shape index (κ2) is 13.6. The summed E-state index contributed by atoms with van der Waals surface area (Å²) in [7, 11) is 0.454. The van der Waals surface area contributed by atoms with Crippen LogP contribution in [0.2, 0.25) is 0 Å². The summed E-state index contributed by atoms with van der Waals surface area (Å²) < 4.78 is 34.0. The summed E-state index contributed by atoms with van der Waals surface area (Å²) in [5.41, 5.74) is 0. The van der Waals surface area contributed by atoms with Crippen LogP contribution in [0, 0.1) is 12.8 Å². The molecule has 0 aliphatic rings. The van der Waals surface area contributed by atoms with E-state index in [1.807, 2.05) is 0 Å². The molecule has 0 aliphatic heterocycles. The van der Waals surface area contributed by atoms with Crippen LogP contribution >= 0.6 is 8.38 Å². The van der Waals surface area contributed by atoms with Crippen LogP contribution in [0.4, 0.5) is 0 Å². The Bertz CT molecular complexity index is 824. The van der Waals surface area contributed by atoms with Crippen molar-refractivity contribution in [1.82, 2.24) is 0 Å². The Hall–Kier alpha value is -2.69. The summed E-state index contributed by atoms with van der Waals surface area (Å²) >= 11 is 0. The molecule has 0 aromatic carbocycles. The minimum absolute atomic E-state index is 0.0188. The number of allylic oxidation sites excluding steroid dienone is 1. The molecule has 1 aromatic rings. The fourth-order valence-electron chi connectivity index (χ4n) is 2.23. The van der Waals surface area contributed by atoms with Gasteiger partial charge in [0.05, 0.1) is 20.1 Å². The van der Waals surface area contributed by atoms with Gasteiger partial charge in [-0.25, -0.2) is 4.79 Å². The summed E-state index contributed by atoms with van der Waals surface area (Å²) in [5, 5.41) is 0. The van der Waals surface area contributed by atoms with Gasteiger partial charge in [-0.2, -0.15) is 0 Å². The SMILES string of the molecule is COC(=O)C(CCC(=O)OC/C(OC=O)=C(\C)OC)CP(O)OCc1oc(=O)oc1C. The van der Waals surface area contributed by atoms with Crippen molar-refractivity contribution in [3.8, 4) is 0 Å². The van der Waals surface area contributed by atoms with Gasteiger partial charge in [-0.3, -0.25) is 14.4 Å². The first-order valence-electron chi connectivity index (χ1n) is 8.98. The van der Waals surface area contributed by atoms with Gasteiger partial charge in [-0.15, -0.1) is 0 Å². The highest BCUT2D eigenvalue weighted by Gasteiger charge is 2.26. The van der Waals surface area contributed by atoms with Crippen molar-refractivity contribution in [2.24, 2.45) is 5.92 Å². The normalized spacial score (nSPS) is 13.6. The van der Waals surface area contributed by atoms with E-state index in [4.69, 9.17) is 27.9 Å². The topological polar surface area (TPSA) is 161 Å². The average molecular weight is 464 g/mol. The first kappa shape index (κ1) is 26.3. The molecule has 0 amide bonds. The van der Waals surface area contributed by atoms with E-state index in [9.17, 15) is 24.1 Å². The Morgan fingerprint density at radius 2 is 1.94 bits per heavy atom. The highest BCUT2D eigenvalue weighted by atomic mass is 31.2. The molecule has 0 fully saturated rings. The van der Waals surface area contributed by atoms with Crippen molar-refractivity contribution in [2.45, 2.75) is 33.3 Å². The Kier molecular flexibility index (Phi) is 11.5. The summed E-state index contributed by atoms with van der Waals surface area (Å²) in [4.78, 5) is 55.6. The molecule has 31 heavy (non-hydrogen) atoms. The summed E-state index contributed by atoms with van der Waals surface area (Å²) in [6.45, 7) is 2.66. The molecule has 13 heteroatoms. The third-order valence-electron chi connectivity index (χ3n) is 4.04. The Morgan fingerprint density at radius 1 is 1.23 bits per heavy atom. The highest BCUT2D eigenvalue weighted by molar-refractivity contribution is 7.46. The number of hydrogen-bond acceptors (Lipinski definition) is 12. The lowest BCUT2D eigenvalue weighted by atomic mass is 10.1. The molecule has 174 valence electrons. The fraction of sp³-hybridized carbons (Fsp3) is 0.556. The number of esters is 2. The van der Waals surface area contributed by atoms with Gasteiger partial charge in [0.1, 0.15) is 18.1 Å². The number of hydrogen-bond donors (Lipinski definition) is 1. The summed E-state index contributed by atoms with van der Waals surface area (Å²) in [6.07, 6.45) is -0.261. The van der Waals surface area contributed by atoms with Crippen LogP contribution in [0.1, 0.15) is 31.3 Å². The minimum atomic E-state index is -2.09. The molecule has 2 atom stereocenters. The molecule has 0 saturated heterocycles. The number of carbonyl (C=O) groups excluding carboxylic acids is 3. The lowest BCUT2D eigenvalue weighted by Crippen LogP contribution is -2.21. The van der Waals surface area contributed by atoms with Crippen molar-refractivity contribution in [3.05, 3.63) is 33.7 Å². The van der Waals surface area contributed by atoms with Gasteiger partial charge in [0, 0.05) is 12.6 Å². The van der Waals surface area contributed by atoms with E-state index in [-0.39, 0.29) is 61.7 Å². The summed E-state index contributed by atoms with van der Waals surface area (Å²) in [5.74, 6) is -2.39. The van der Waals surface area contributed by atoms with Crippen LogP contribution < -0.4 is 5.82 Å². The first-order chi connectivity index (χ1) is 14.7. The molecule has 1 N–H and O–H groups in total. The molecule has 12 nitrogen and oxygen atoms in total. The number of rotatable bonds is 14. The molecule has 2 unspecified atom stereocenters. The van der Waals surface area contributed by atoms with E-state index in [1.165, 1.54) is 28.1 Å². The van der Waals surface area contributed by atoms with E-state index in [0.29, 0.717) is 0 Å². The summed E-state index contributed by atoms with van der Waals surface area (Å²) in [6, 6.07) is 0. The average Bonchev–Trinajstić information content (AvgIpc) is 3.08. The predicted octanol–water partition coefficient (Wildman–Crippen LogP) is 1.53. The molecule has 1 rings (SSSR count). The van der Waals surface area contributed by atoms with Crippen LogP contribution in [0.25, 0.3) is 0 Å². The third kappa shape index (κ3) is 9.33. The van der Waals surface area contributed by atoms with E-state index in [2.05, 4.69) is 4.42 Å². The van der Waals surface area contributed by atoms with Crippen LogP contribution in [-0.2, 0) is 44.5 Å². The molecule has 0 spiro atoms. The number of aryl methyl sites for hydroxylation is 1. The zero-order chi connectivity index (χ0) is 23.4. The van der Waals surface area contributed by atoms with Crippen LogP contribution in [0.15, 0.2) is 25.1 Å². The van der Waals surface area contributed by atoms with Crippen LogP contribution in [-0.4, -0.2) is 50.3 Å². The van der Waals surface area contributed by atoms with Crippen molar-refractivity contribution < 1.29 is 51.6 Å². The number of methoxy groups -OCH3 is 2. The maximum absolute atomic E-state index is 12.0. The molecule has 0 bridgehead atoms. The minimum Gasteiger partial charge on any atom is -0.498 e. The van der Waals surface area contributed by atoms with Gasteiger partial charge in [-0.1, -0.05) is 0 Å². The van der Waals surface area contributed by atoms with Crippen molar-refractivity contribution >= 4 is 26.8 Å². The van der Waals surface area contributed by atoms with Gasteiger partial charge >= 0.3 is 17.8 Å². The van der Waals surface area contributed by atoms with Gasteiger partial charge in [0.15, 0.2) is 26.5 Å². The molecule has 1 heterocycles. The van der Waals surface area contributed by atoms with Gasteiger partial charge < -0.3 is 37.2 Å². The third-order valence-corrected chi connectivity index (χ3v) is 5.22. The number of ether oxygens (including phenoxy) is 4. The van der Waals surface area contributed by atoms with E-state index in [1.54, 1.807) is 0 Å². The largest absolute Gasteiger partial charge is 0.519 e. The molecule has 0 aliphatic carbocycles. The van der Waals surface area contributed by atoms with Gasteiger partial charge in [0.25, 0.3) is 6.47 Å². The Morgan fingerprint density at radius 3 is 2.48 bits per heavy atom. The second-order valence-electron chi connectivity index (χ2n) is 6.06. The lowest BCUT2D eigenvalue weighted by molar-refractivity contribution is -0.147. The predicted molar refractivity (Wildman–Crippen MR) is 103 cm³/mol. The van der Waals surface area contributed by atoms with Gasteiger partial charge in [-0.05, 0) is 20.3 Å². The highest BCUT2D eigenvalue weighted by Crippen LogP contribution is 2.37. The fourth-order valence-corrected chi connectivity index (χ4v) is 3.31. The molecular formula is C18H25O12P. The second-order valence-corrected chi connectivity index (χ2v) is 7.39. The van der Waals surface area contributed by atoms with E-state index in [0.717, 1.165) is 0 Å². The molecule has 1 aromatic heterocycles. The molecule has 0 radical (unpaired) electrons. The molecular weight excluding hydrogens is 439 g/mol. The first-order valence-corrected chi connectivity index (χ1v) is 10.4. The van der Waals surface area contributed by atoms with Crippen LogP contribution in [0.5, 0.6) is 0 Å². The Balaban J connectivity index is 2.56. The number of carbonyl (C=O) groups is 3. The van der Waals surface area contributed by atoms with Crippen molar-refractivity contribution in [1.29, 1.82) is 0 Å². The van der Waals surface area contributed by atoms with E-state index < -0.39 is 32.1 Å². The lowest BCUT2D eigenvalue weighted by Gasteiger charge is -2.17. The van der Waals surface area contributed by atoms with Crippen molar-refractivity contribution in [2.75, 3.05) is 27.0 Å². The van der Waals surface area contributed by atoms with Gasteiger partial charge in [0.2, 0.25) is 0 Å². The maximum atomic E-state index is 12.0. The quantitative estimate of drug-likeness (QED) is 0.139. The Labute approximate surface area is 178 Å². The zero-order valence-corrected chi connectivity index (χ0v) is 18.5. The van der Waals surface area contributed by atoms with Crippen LogP contribution in [0.3, 0.4) is 0 Å². The van der Waals surface area contributed by atoms with E-state index >= 15 is 0 Å². The smallest absolute Gasteiger partial charge is 0.498 e. The standard InChI is InChI=1S/C18H25O12P/c1-11(24-3)14(27-10-19)7-26-16(20)6-5-13(17(21)25-4)9-31(23)28-8-15-12(2)29-18(22)30-15/h10,13,23H,5-9H2,1-4H3/b14-11-. The molecule has 0 saturated carbocycles. The monoisotopic (exact) mass is 464 g/mol.